The van der Waals surface area contributed by atoms with E-state index in [2.05, 4.69) is 19.9 Å². The summed E-state index contributed by atoms with van der Waals surface area (Å²) in [7, 11) is 0. The number of fused-ring (bicyclic) bond motifs is 2. The van der Waals surface area contributed by atoms with E-state index in [1.54, 1.807) is 41.7 Å². The number of thioether (sulfide) groups is 1. The van der Waals surface area contributed by atoms with Gasteiger partial charge in [-0.15, -0.1) is 11.3 Å². The van der Waals surface area contributed by atoms with Crippen molar-refractivity contribution in [3.63, 3.8) is 0 Å². The number of hydrogen-bond donors (Lipinski definition) is 1. The lowest BCUT2D eigenvalue weighted by atomic mass is 10.2. The lowest BCUT2D eigenvalue weighted by molar-refractivity contribution is 0.628. The van der Waals surface area contributed by atoms with Crippen molar-refractivity contribution in [3.8, 4) is 10.4 Å². The van der Waals surface area contributed by atoms with E-state index in [0.717, 1.165) is 25.7 Å². The second-order valence-corrected chi connectivity index (χ2v) is 8.93. The molecule has 0 saturated heterocycles. The molecule has 0 atom stereocenters. The van der Waals surface area contributed by atoms with Gasteiger partial charge < -0.3 is 4.98 Å². The van der Waals surface area contributed by atoms with Crippen molar-refractivity contribution < 1.29 is 4.39 Å². The monoisotopic (exact) mass is 454 g/mol. The molecule has 0 aliphatic rings. The Kier molecular flexibility index (Phi) is 4.98. The fourth-order valence-corrected chi connectivity index (χ4v) is 5.29. The van der Waals surface area contributed by atoms with Crippen molar-refractivity contribution in [1.82, 2.24) is 19.9 Å². The smallest absolute Gasteiger partial charge is 0.258 e. The standard InChI is InChI=1S/C21H12ClFN4OS2/c22-12-3-6-14-15(7-12)26-18(27-20(14)28)9-29-21-19-16(24-10-25-21)8-17(30-19)11-1-4-13(23)5-2-11/h1-8,10H,9H2,(H,26,27,28). The number of halogens is 2. The first-order valence-corrected chi connectivity index (χ1v) is 11.1. The van der Waals surface area contributed by atoms with Crippen LogP contribution in [0.1, 0.15) is 5.82 Å². The molecule has 0 saturated carbocycles. The summed E-state index contributed by atoms with van der Waals surface area (Å²) in [6.45, 7) is 0. The molecule has 3 aromatic heterocycles. The zero-order chi connectivity index (χ0) is 20.7. The van der Waals surface area contributed by atoms with Gasteiger partial charge in [-0.05, 0) is 42.0 Å². The van der Waals surface area contributed by atoms with Crippen LogP contribution < -0.4 is 5.56 Å². The van der Waals surface area contributed by atoms with Crippen LogP contribution in [0.5, 0.6) is 0 Å². The molecule has 0 fully saturated rings. The van der Waals surface area contributed by atoms with Crippen LogP contribution in [0.2, 0.25) is 5.02 Å². The molecule has 5 rings (SSSR count). The summed E-state index contributed by atoms with van der Waals surface area (Å²) in [5.74, 6) is 0.712. The molecule has 0 unspecified atom stereocenters. The summed E-state index contributed by atoms with van der Waals surface area (Å²) < 4.78 is 14.2. The molecule has 0 aliphatic carbocycles. The second kappa shape index (κ2) is 7.79. The predicted octanol–water partition coefficient (Wildman–Crippen LogP) is 5.68. The summed E-state index contributed by atoms with van der Waals surface area (Å²) in [4.78, 5) is 29.4. The maximum atomic E-state index is 13.2. The van der Waals surface area contributed by atoms with Crippen molar-refractivity contribution in [2.75, 3.05) is 0 Å². The van der Waals surface area contributed by atoms with Crippen LogP contribution in [0.4, 0.5) is 4.39 Å². The van der Waals surface area contributed by atoms with E-state index < -0.39 is 0 Å². The third-order valence-electron chi connectivity index (χ3n) is 4.47. The Morgan fingerprint density at radius 2 is 1.90 bits per heavy atom. The third kappa shape index (κ3) is 3.69. The molecule has 0 amide bonds. The highest BCUT2D eigenvalue weighted by atomic mass is 35.5. The predicted molar refractivity (Wildman–Crippen MR) is 120 cm³/mol. The maximum Gasteiger partial charge on any atom is 0.258 e. The lowest BCUT2D eigenvalue weighted by Gasteiger charge is -2.04. The van der Waals surface area contributed by atoms with E-state index >= 15 is 0 Å². The number of nitrogens with one attached hydrogen (secondary N) is 1. The first-order chi connectivity index (χ1) is 14.6. The molecule has 5 nitrogen and oxygen atoms in total. The molecular formula is C21H12ClFN4OS2. The van der Waals surface area contributed by atoms with Crippen molar-refractivity contribution in [2.45, 2.75) is 10.8 Å². The van der Waals surface area contributed by atoms with Gasteiger partial charge in [0.15, 0.2) is 0 Å². The zero-order valence-corrected chi connectivity index (χ0v) is 17.6. The van der Waals surface area contributed by atoms with Gasteiger partial charge in [0.05, 0.1) is 26.9 Å². The average molecular weight is 455 g/mol. The summed E-state index contributed by atoms with van der Waals surface area (Å²) in [5.41, 5.74) is 2.11. The number of aromatic nitrogens is 4. The number of benzene rings is 2. The summed E-state index contributed by atoms with van der Waals surface area (Å²) >= 11 is 9.05. The van der Waals surface area contributed by atoms with Gasteiger partial charge in [0.1, 0.15) is 23.0 Å². The maximum absolute atomic E-state index is 13.2. The van der Waals surface area contributed by atoms with Crippen LogP contribution in [-0.2, 0) is 5.75 Å². The van der Waals surface area contributed by atoms with E-state index in [1.165, 1.54) is 30.2 Å². The highest BCUT2D eigenvalue weighted by molar-refractivity contribution is 7.98. The van der Waals surface area contributed by atoms with Crippen molar-refractivity contribution in [1.29, 1.82) is 0 Å². The van der Waals surface area contributed by atoms with Crippen molar-refractivity contribution in [2.24, 2.45) is 0 Å². The van der Waals surface area contributed by atoms with E-state index in [-0.39, 0.29) is 11.4 Å². The minimum Gasteiger partial charge on any atom is -0.309 e. The first-order valence-electron chi connectivity index (χ1n) is 8.88. The van der Waals surface area contributed by atoms with E-state index in [4.69, 9.17) is 11.6 Å². The first kappa shape index (κ1) is 19.2. The molecule has 1 N–H and O–H groups in total. The van der Waals surface area contributed by atoms with Crippen molar-refractivity contribution in [3.05, 3.63) is 81.9 Å². The Morgan fingerprint density at radius 1 is 1.07 bits per heavy atom. The van der Waals surface area contributed by atoms with Crippen LogP contribution >= 0.6 is 34.7 Å². The van der Waals surface area contributed by atoms with Gasteiger partial charge in [-0.2, -0.15) is 0 Å². The fourth-order valence-electron chi connectivity index (χ4n) is 3.06. The Labute approximate surface area is 183 Å². The largest absolute Gasteiger partial charge is 0.309 e. The molecule has 5 aromatic rings. The van der Waals surface area contributed by atoms with E-state index in [9.17, 15) is 9.18 Å². The van der Waals surface area contributed by atoms with Gasteiger partial charge in [0, 0.05) is 9.90 Å². The lowest BCUT2D eigenvalue weighted by Crippen LogP contribution is -2.11. The van der Waals surface area contributed by atoms with Crippen LogP contribution in [0.15, 0.2) is 64.7 Å². The third-order valence-corrected chi connectivity index (χ3v) is 7.02. The molecule has 9 heteroatoms. The van der Waals surface area contributed by atoms with Gasteiger partial charge in [-0.1, -0.05) is 35.5 Å². The Balaban J connectivity index is 1.46. The van der Waals surface area contributed by atoms with Crippen LogP contribution in [0.3, 0.4) is 0 Å². The SMILES string of the molecule is O=c1[nH]c(CSc2ncnc3cc(-c4ccc(F)cc4)sc23)nc2cc(Cl)ccc12. The highest BCUT2D eigenvalue weighted by Crippen LogP contribution is 2.37. The van der Waals surface area contributed by atoms with Crippen LogP contribution in [0.25, 0.3) is 31.6 Å². The van der Waals surface area contributed by atoms with Gasteiger partial charge >= 0.3 is 0 Å². The molecule has 0 radical (unpaired) electrons. The summed E-state index contributed by atoms with van der Waals surface area (Å²) in [6.07, 6.45) is 1.52. The van der Waals surface area contributed by atoms with Gasteiger partial charge in [0.25, 0.3) is 5.56 Å². The quantitative estimate of drug-likeness (QED) is 0.279. The summed E-state index contributed by atoms with van der Waals surface area (Å²) in [6, 6.07) is 13.3. The van der Waals surface area contributed by atoms with Gasteiger partial charge in [-0.3, -0.25) is 4.79 Å². The number of nitrogens with zero attached hydrogens (tertiary/aromatic N) is 3. The molecule has 30 heavy (non-hydrogen) atoms. The minimum atomic E-state index is -0.269. The molecule has 3 heterocycles. The molecular weight excluding hydrogens is 443 g/mol. The topological polar surface area (TPSA) is 71.5 Å². The number of H-pyrrole nitrogens is 1. The van der Waals surface area contributed by atoms with Gasteiger partial charge in [0.2, 0.25) is 0 Å². The molecule has 148 valence electrons. The van der Waals surface area contributed by atoms with Gasteiger partial charge in [-0.25, -0.2) is 19.3 Å². The van der Waals surface area contributed by atoms with Crippen molar-refractivity contribution >= 4 is 55.8 Å². The summed E-state index contributed by atoms with van der Waals surface area (Å²) in [5, 5.41) is 1.83. The number of rotatable bonds is 4. The number of aromatic amines is 1. The van der Waals surface area contributed by atoms with Crippen LogP contribution in [0, 0.1) is 5.82 Å². The normalized spacial score (nSPS) is 11.4. The average Bonchev–Trinajstić information content (AvgIpc) is 3.17. The molecule has 0 bridgehead atoms. The number of hydrogen-bond acceptors (Lipinski definition) is 6. The van der Waals surface area contributed by atoms with E-state index in [1.807, 2.05) is 6.07 Å². The molecule has 0 spiro atoms. The zero-order valence-electron chi connectivity index (χ0n) is 15.2. The molecule has 0 aliphatic heterocycles. The highest BCUT2D eigenvalue weighted by Gasteiger charge is 2.12. The van der Waals surface area contributed by atoms with Crippen LogP contribution in [-0.4, -0.2) is 19.9 Å². The Morgan fingerprint density at radius 3 is 2.73 bits per heavy atom. The Bertz CT molecular complexity index is 1450. The second-order valence-electron chi connectivity index (χ2n) is 6.47. The number of thiophene rings is 1. The molecule has 2 aromatic carbocycles. The fraction of sp³-hybridized carbons (Fsp3) is 0.0476. The Hall–Kier alpha value is -2.81. The van der Waals surface area contributed by atoms with E-state index in [0.29, 0.717) is 27.5 Å². The minimum absolute atomic E-state index is 0.199.